The van der Waals surface area contributed by atoms with Gasteiger partial charge >= 0.3 is 0 Å². The Bertz CT molecular complexity index is 747. The lowest BCUT2D eigenvalue weighted by molar-refractivity contribution is -0.109. The number of nitrogens with zero attached hydrogens (tertiary/aromatic N) is 3. The molecule has 0 saturated heterocycles. The number of hydrogen-bond acceptors (Lipinski definition) is 5. The lowest BCUT2D eigenvalue weighted by atomic mass is 9.79. The Morgan fingerprint density at radius 3 is 2.92 bits per heavy atom. The summed E-state index contributed by atoms with van der Waals surface area (Å²) in [4.78, 5) is 15.5. The van der Waals surface area contributed by atoms with Crippen LogP contribution in [0.25, 0.3) is 0 Å². The SMILES string of the molecule is CC(=O)Sc1ncnn1CC(O)(c1cccc(Cl)c1)C(C)C1CC1. The zero-order valence-corrected chi connectivity index (χ0v) is 15.2. The van der Waals surface area contributed by atoms with Gasteiger partial charge in [0.25, 0.3) is 0 Å². The van der Waals surface area contributed by atoms with Crippen molar-refractivity contribution in [3.05, 3.63) is 41.2 Å². The topological polar surface area (TPSA) is 68.0 Å². The van der Waals surface area contributed by atoms with Crippen LogP contribution in [0.3, 0.4) is 0 Å². The monoisotopic (exact) mass is 365 g/mol. The molecule has 2 aromatic rings. The van der Waals surface area contributed by atoms with E-state index in [9.17, 15) is 9.90 Å². The average Bonchev–Trinajstić information content (AvgIpc) is 3.29. The number of aliphatic hydroxyl groups is 1. The summed E-state index contributed by atoms with van der Waals surface area (Å²) in [5.41, 5.74) is -0.352. The van der Waals surface area contributed by atoms with Crippen LogP contribution < -0.4 is 0 Å². The summed E-state index contributed by atoms with van der Waals surface area (Å²) in [5, 5.41) is 16.8. The number of hydrogen-bond donors (Lipinski definition) is 1. The summed E-state index contributed by atoms with van der Waals surface area (Å²) < 4.78 is 1.60. The van der Waals surface area contributed by atoms with E-state index in [4.69, 9.17) is 11.6 Å². The van der Waals surface area contributed by atoms with Gasteiger partial charge in [-0.1, -0.05) is 30.7 Å². The molecule has 0 bridgehead atoms. The molecule has 3 rings (SSSR count). The van der Waals surface area contributed by atoms with Crippen LogP contribution in [0.15, 0.2) is 35.7 Å². The maximum Gasteiger partial charge on any atom is 0.193 e. The Kier molecular flexibility index (Phi) is 4.99. The Morgan fingerprint density at radius 2 is 2.29 bits per heavy atom. The van der Waals surface area contributed by atoms with Crippen molar-refractivity contribution in [2.24, 2.45) is 11.8 Å². The highest BCUT2D eigenvalue weighted by Crippen LogP contribution is 2.47. The van der Waals surface area contributed by atoms with E-state index in [1.807, 2.05) is 12.1 Å². The van der Waals surface area contributed by atoms with E-state index in [0.717, 1.165) is 30.2 Å². The summed E-state index contributed by atoms with van der Waals surface area (Å²) in [6, 6.07) is 7.32. The van der Waals surface area contributed by atoms with Crippen molar-refractivity contribution in [1.29, 1.82) is 0 Å². The first kappa shape index (κ1) is 17.5. The molecular weight excluding hydrogens is 346 g/mol. The zero-order valence-electron chi connectivity index (χ0n) is 13.6. The van der Waals surface area contributed by atoms with Crippen molar-refractivity contribution in [3.63, 3.8) is 0 Å². The van der Waals surface area contributed by atoms with Gasteiger partial charge in [0.15, 0.2) is 10.3 Å². The average molecular weight is 366 g/mol. The van der Waals surface area contributed by atoms with Gasteiger partial charge in [-0.2, -0.15) is 5.10 Å². The molecule has 1 N–H and O–H groups in total. The number of rotatable bonds is 6. The van der Waals surface area contributed by atoms with E-state index in [2.05, 4.69) is 17.0 Å². The van der Waals surface area contributed by atoms with E-state index >= 15 is 0 Å². The molecule has 0 radical (unpaired) electrons. The molecule has 1 aliphatic carbocycles. The molecular formula is C17H20ClN3O2S. The molecule has 128 valence electrons. The van der Waals surface area contributed by atoms with E-state index in [-0.39, 0.29) is 17.6 Å². The molecule has 0 amide bonds. The number of benzene rings is 1. The van der Waals surface area contributed by atoms with Gasteiger partial charge in [0, 0.05) is 11.9 Å². The largest absolute Gasteiger partial charge is 0.383 e. The molecule has 0 spiro atoms. The van der Waals surface area contributed by atoms with E-state index < -0.39 is 5.60 Å². The third-order valence-electron chi connectivity index (χ3n) is 4.61. The molecule has 1 saturated carbocycles. The van der Waals surface area contributed by atoms with Gasteiger partial charge in [-0.05, 0) is 54.1 Å². The first-order chi connectivity index (χ1) is 11.4. The molecule has 2 unspecified atom stereocenters. The fraction of sp³-hybridized carbons (Fsp3) is 0.471. The Balaban J connectivity index is 1.96. The minimum atomic E-state index is -1.12. The number of halogens is 1. The quantitative estimate of drug-likeness (QED) is 0.793. The smallest absolute Gasteiger partial charge is 0.193 e. The summed E-state index contributed by atoms with van der Waals surface area (Å²) in [7, 11) is 0. The minimum absolute atomic E-state index is 0.0512. The lowest BCUT2D eigenvalue weighted by Gasteiger charge is -2.35. The predicted octanol–water partition coefficient (Wildman–Crippen LogP) is 3.50. The fourth-order valence-electron chi connectivity index (χ4n) is 3.04. The predicted molar refractivity (Wildman–Crippen MR) is 93.8 cm³/mol. The molecule has 1 aromatic heterocycles. The van der Waals surface area contributed by atoms with Crippen molar-refractivity contribution in [2.75, 3.05) is 0 Å². The number of carbonyl (C=O) groups is 1. The van der Waals surface area contributed by atoms with Crippen LogP contribution in [-0.4, -0.2) is 25.0 Å². The van der Waals surface area contributed by atoms with E-state index in [0.29, 0.717) is 16.1 Å². The summed E-state index contributed by atoms with van der Waals surface area (Å²) in [5.74, 6) is 0.539. The summed E-state index contributed by atoms with van der Waals surface area (Å²) in [6.45, 7) is 3.79. The van der Waals surface area contributed by atoms with Gasteiger partial charge < -0.3 is 5.11 Å². The van der Waals surface area contributed by atoms with Gasteiger partial charge in [0.2, 0.25) is 0 Å². The zero-order chi connectivity index (χ0) is 17.3. The van der Waals surface area contributed by atoms with Crippen LogP contribution in [0.4, 0.5) is 0 Å². The number of thioether (sulfide) groups is 1. The van der Waals surface area contributed by atoms with Crippen LogP contribution in [0.2, 0.25) is 5.02 Å². The third-order valence-corrected chi connectivity index (χ3v) is 5.63. The second kappa shape index (κ2) is 6.86. The molecule has 24 heavy (non-hydrogen) atoms. The molecule has 5 nitrogen and oxygen atoms in total. The molecule has 1 aliphatic rings. The maximum atomic E-state index is 11.6. The Labute approximate surface area is 150 Å². The Morgan fingerprint density at radius 1 is 1.54 bits per heavy atom. The van der Waals surface area contributed by atoms with Crippen molar-refractivity contribution in [2.45, 2.75) is 44.0 Å². The highest BCUT2D eigenvalue weighted by atomic mass is 35.5. The van der Waals surface area contributed by atoms with Gasteiger partial charge in [-0.25, -0.2) is 9.67 Å². The standard InChI is InChI=1S/C17H20ClN3O2S/c1-11(13-6-7-13)17(23,14-4-3-5-15(18)8-14)9-21-16(19-10-20-21)24-12(2)22/h3-5,8,10-11,13,23H,6-7,9H2,1-2H3. The number of aromatic nitrogens is 3. The van der Waals surface area contributed by atoms with Gasteiger partial charge in [0.05, 0.1) is 6.54 Å². The molecule has 2 atom stereocenters. The van der Waals surface area contributed by atoms with E-state index in [1.165, 1.54) is 13.3 Å². The van der Waals surface area contributed by atoms with Crippen LogP contribution in [0.5, 0.6) is 0 Å². The van der Waals surface area contributed by atoms with Gasteiger partial charge in [0.1, 0.15) is 11.9 Å². The van der Waals surface area contributed by atoms with Crippen molar-refractivity contribution in [3.8, 4) is 0 Å². The van der Waals surface area contributed by atoms with Crippen molar-refractivity contribution < 1.29 is 9.90 Å². The summed E-state index contributed by atoms with van der Waals surface area (Å²) >= 11 is 7.16. The Hall–Kier alpha value is -1.37. The second-order valence-electron chi connectivity index (χ2n) is 6.35. The first-order valence-electron chi connectivity index (χ1n) is 7.95. The molecule has 1 fully saturated rings. The summed E-state index contributed by atoms with van der Waals surface area (Å²) in [6.07, 6.45) is 3.65. The van der Waals surface area contributed by atoms with Gasteiger partial charge in [-0.3, -0.25) is 4.79 Å². The highest BCUT2D eigenvalue weighted by Gasteiger charge is 2.45. The minimum Gasteiger partial charge on any atom is -0.383 e. The maximum absolute atomic E-state index is 11.6. The van der Waals surface area contributed by atoms with Crippen LogP contribution >= 0.6 is 23.4 Å². The number of carbonyl (C=O) groups excluding carboxylic acids is 1. The normalized spacial score (nSPS) is 18.2. The van der Waals surface area contributed by atoms with Crippen LogP contribution in [-0.2, 0) is 16.9 Å². The fourth-order valence-corrected chi connectivity index (χ4v) is 3.80. The molecule has 0 aliphatic heterocycles. The highest BCUT2D eigenvalue weighted by molar-refractivity contribution is 8.13. The lowest BCUT2D eigenvalue weighted by Crippen LogP contribution is -2.39. The second-order valence-corrected chi connectivity index (χ2v) is 7.94. The van der Waals surface area contributed by atoms with Crippen LogP contribution in [0, 0.1) is 11.8 Å². The third kappa shape index (κ3) is 3.66. The van der Waals surface area contributed by atoms with Gasteiger partial charge in [-0.15, -0.1) is 0 Å². The van der Waals surface area contributed by atoms with E-state index in [1.54, 1.807) is 16.8 Å². The van der Waals surface area contributed by atoms with Crippen molar-refractivity contribution in [1.82, 2.24) is 14.8 Å². The molecule has 1 heterocycles. The first-order valence-corrected chi connectivity index (χ1v) is 9.14. The molecule has 7 heteroatoms. The molecule has 1 aromatic carbocycles. The van der Waals surface area contributed by atoms with Crippen molar-refractivity contribution >= 4 is 28.5 Å². The van der Waals surface area contributed by atoms with Crippen LogP contribution in [0.1, 0.15) is 32.3 Å².